The van der Waals surface area contributed by atoms with Crippen molar-refractivity contribution in [1.82, 2.24) is 14.6 Å². The maximum atomic E-state index is 11.2. The van der Waals surface area contributed by atoms with Crippen molar-refractivity contribution in [2.45, 2.75) is 37.8 Å². The van der Waals surface area contributed by atoms with Gasteiger partial charge in [0.25, 0.3) is 0 Å². The van der Waals surface area contributed by atoms with Gasteiger partial charge in [-0.05, 0) is 62.1 Å². The van der Waals surface area contributed by atoms with Crippen molar-refractivity contribution < 1.29 is 4.79 Å². The molecular weight excluding hydrogens is 342 g/mol. The molecule has 0 atom stereocenters. The largest absolute Gasteiger partial charge is 0.367 e. The second-order valence-corrected chi connectivity index (χ2v) is 6.94. The third kappa shape index (κ3) is 3.85. The lowest BCUT2D eigenvalue weighted by Gasteiger charge is -2.27. The van der Waals surface area contributed by atoms with Gasteiger partial charge in [0.2, 0.25) is 11.9 Å². The zero-order chi connectivity index (χ0) is 18.8. The van der Waals surface area contributed by atoms with Crippen LogP contribution >= 0.6 is 0 Å². The quantitative estimate of drug-likeness (QED) is 0.550. The number of aromatic nitrogens is 3. The molecule has 4 rings (SSSR count). The van der Waals surface area contributed by atoms with Gasteiger partial charge in [-0.15, -0.1) is 5.10 Å². The van der Waals surface area contributed by atoms with E-state index in [4.69, 9.17) is 11.5 Å². The molecule has 2 heterocycles. The maximum absolute atomic E-state index is 11.2. The van der Waals surface area contributed by atoms with Crippen LogP contribution in [0.4, 0.5) is 17.5 Å². The predicted molar refractivity (Wildman–Crippen MR) is 105 cm³/mol. The molecule has 6 N–H and O–H groups in total. The number of primary amides is 1. The van der Waals surface area contributed by atoms with Gasteiger partial charge in [-0.1, -0.05) is 6.07 Å². The molecule has 1 aromatic carbocycles. The molecule has 27 heavy (non-hydrogen) atoms. The first kappa shape index (κ1) is 17.3. The molecular formula is C19H23N7O. The Morgan fingerprint density at radius 2 is 1.81 bits per heavy atom. The lowest BCUT2D eigenvalue weighted by atomic mass is 9.92. The highest BCUT2D eigenvalue weighted by atomic mass is 16.1. The van der Waals surface area contributed by atoms with E-state index in [-0.39, 0.29) is 0 Å². The van der Waals surface area contributed by atoms with Crippen molar-refractivity contribution in [3.63, 3.8) is 0 Å². The van der Waals surface area contributed by atoms with Crippen LogP contribution in [-0.4, -0.2) is 32.6 Å². The Morgan fingerprint density at radius 1 is 1.07 bits per heavy atom. The SMILES string of the molecule is NC(=O)c1ccc(Nc2nc3cccc(NC4CCC(N)CC4)n3n2)cc1. The summed E-state index contributed by atoms with van der Waals surface area (Å²) in [4.78, 5) is 15.7. The Morgan fingerprint density at radius 3 is 2.52 bits per heavy atom. The van der Waals surface area contributed by atoms with Crippen molar-refractivity contribution in [3.8, 4) is 0 Å². The van der Waals surface area contributed by atoms with E-state index in [1.54, 1.807) is 28.8 Å². The fourth-order valence-electron chi connectivity index (χ4n) is 3.39. The van der Waals surface area contributed by atoms with Crippen molar-refractivity contribution in [2.24, 2.45) is 11.5 Å². The molecule has 8 heteroatoms. The summed E-state index contributed by atoms with van der Waals surface area (Å²) in [5.41, 5.74) is 13.3. The molecule has 1 amide bonds. The number of benzene rings is 1. The number of pyridine rings is 1. The number of anilines is 3. The van der Waals surface area contributed by atoms with Gasteiger partial charge >= 0.3 is 0 Å². The molecule has 0 radical (unpaired) electrons. The number of amides is 1. The Bertz CT molecular complexity index is 942. The fraction of sp³-hybridized carbons (Fsp3) is 0.316. The summed E-state index contributed by atoms with van der Waals surface area (Å²) in [6.45, 7) is 0. The van der Waals surface area contributed by atoms with E-state index in [1.165, 1.54) is 0 Å². The first-order valence-electron chi connectivity index (χ1n) is 9.13. The molecule has 3 aromatic rings. The van der Waals surface area contributed by atoms with Crippen molar-refractivity contribution in [1.29, 1.82) is 0 Å². The highest BCUT2D eigenvalue weighted by molar-refractivity contribution is 5.93. The Kier molecular flexibility index (Phi) is 4.64. The minimum atomic E-state index is -0.452. The summed E-state index contributed by atoms with van der Waals surface area (Å²) in [7, 11) is 0. The van der Waals surface area contributed by atoms with Crippen LogP contribution in [0.2, 0.25) is 0 Å². The second-order valence-electron chi connectivity index (χ2n) is 6.94. The Hall–Kier alpha value is -3.13. The number of nitrogens with one attached hydrogen (secondary N) is 2. The average Bonchev–Trinajstić information content (AvgIpc) is 3.07. The lowest BCUT2D eigenvalue weighted by molar-refractivity contribution is 0.100. The van der Waals surface area contributed by atoms with Crippen LogP contribution < -0.4 is 22.1 Å². The molecule has 1 aliphatic carbocycles. The van der Waals surface area contributed by atoms with Gasteiger partial charge in [-0.25, -0.2) is 0 Å². The highest BCUT2D eigenvalue weighted by Gasteiger charge is 2.19. The minimum absolute atomic E-state index is 0.321. The van der Waals surface area contributed by atoms with Crippen molar-refractivity contribution >= 4 is 29.0 Å². The standard InChI is InChI=1S/C19H23N7O/c20-13-6-10-14(11-7-13)22-16-2-1-3-17-24-19(25-26(16)17)23-15-8-4-12(5-9-15)18(21)27/h1-5,8-9,13-14,22H,6-7,10-11,20H2,(H2,21,27)(H,23,25). The summed E-state index contributed by atoms with van der Waals surface area (Å²) in [6, 6.07) is 13.5. The Labute approximate surface area is 157 Å². The second kappa shape index (κ2) is 7.24. The molecule has 0 bridgehead atoms. The number of fused-ring (bicyclic) bond motifs is 1. The van der Waals surface area contributed by atoms with Gasteiger partial charge in [0.1, 0.15) is 5.82 Å². The van der Waals surface area contributed by atoms with Gasteiger partial charge < -0.3 is 22.1 Å². The van der Waals surface area contributed by atoms with Crippen LogP contribution in [0.1, 0.15) is 36.0 Å². The summed E-state index contributed by atoms with van der Waals surface area (Å²) in [5, 5.41) is 11.3. The number of nitrogens with zero attached hydrogens (tertiary/aromatic N) is 3. The fourth-order valence-corrected chi connectivity index (χ4v) is 3.39. The molecule has 1 fully saturated rings. The van der Waals surface area contributed by atoms with Crippen molar-refractivity contribution in [2.75, 3.05) is 10.6 Å². The normalized spacial score (nSPS) is 19.7. The van der Waals surface area contributed by atoms with E-state index in [0.717, 1.165) is 42.8 Å². The van der Waals surface area contributed by atoms with Crippen LogP contribution in [0.25, 0.3) is 5.65 Å². The molecule has 0 unspecified atom stereocenters. The van der Waals surface area contributed by atoms with Crippen LogP contribution in [0, 0.1) is 0 Å². The smallest absolute Gasteiger partial charge is 0.248 e. The van der Waals surface area contributed by atoms with E-state index >= 15 is 0 Å². The van der Waals surface area contributed by atoms with E-state index in [2.05, 4.69) is 20.7 Å². The van der Waals surface area contributed by atoms with Gasteiger partial charge in [0, 0.05) is 23.3 Å². The topological polar surface area (TPSA) is 123 Å². The van der Waals surface area contributed by atoms with Gasteiger partial charge in [-0.2, -0.15) is 9.50 Å². The highest BCUT2D eigenvalue weighted by Crippen LogP contribution is 2.22. The zero-order valence-electron chi connectivity index (χ0n) is 14.9. The zero-order valence-corrected chi connectivity index (χ0v) is 14.9. The van der Waals surface area contributed by atoms with E-state index in [1.807, 2.05) is 18.2 Å². The number of nitrogens with two attached hydrogens (primary N) is 2. The van der Waals surface area contributed by atoms with Crippen LogP contribution in [0.5, 0.6) is 0 Å². The lowest BCUT2D eigenvalue weighted by Crippen LogP contribution is -2.33. The van der Waals surface area contributed by atoms with Gasteiger partial charge in [-0.3, -0.25) is 4.79 Å². The molecule has 0 aliphatic heterocycles. The van der Waals surface area contributed by atoms with E-state index in [9.17, 15) is 4.79 Å². The number of hydrogen-bond acceptors (Lipinski definition) is 6. The number of carbonyl (C=O) groups is 1. The number of hydrogen-bond donors (Lipinski definition) is 4. The summed E-state index contributed by atoms with van der Waals surface area (Å²) >= 11 is 0. The molecule has 0 spiro atoms. The molecule has 0 saturated heterocycles. The summed E-state index contributed by atoms with van der Waals surface area (Å²) < 4.78 is 1.80. The molecule has 2 aromatic heterocycles. The maximum Gasteiger partial charge on any atom is 0.248 e. The molecule has 8 nitrogen and oxygen atoms in total. The Balaban J connectivity index is 1.52. The van der Waals surface area contributed by atoms with E-state index < -0.39 is 5.91 Å². The minimum Gasteiger partial charge on any atom is -0.367 e. The van der Waals surface area contributed by atoms with Crippen molar-refractivity contribution in [3.05, 3.63) is 48.0 Å². The monoisotopic (exact) mass is 365 g/mol. The number of carbonyl (C=O) groups excluding carboxylic acids is 1. The summed E-state index contributed by atoms with van der Waals surface area (Å²) in [5.74, 6) is 0.950. The average molecular weight is 365 g/mol. The van der Waals surface area contributed by atoms with Crippen LogP contribution in [0.3, 0.4) is 0 Å². The first-order chi connectivity index (χ1) is 13.1. The third-order valence-corrected chi connectivity index (χ3v) is 4.91. The first-order valence-corrected chi connectivity index (χ1v) is 9.13. The third-order valence-electron chi connectivity index (χ3n) is 4.91. The summed E-state index contributed by atoms with van der Waals surface area (Å²) in [6.07, 6.45) is 4.20. The molecule has 140 valence electrons. The van der Waals surface area contributed by atoms with Crippen LogP contribution in [0.15, 0.2) is 42.5 Å². The predicted octanol–water partition coefficient (Wildman–Crippen LogP) is 2.25. The number of rotatable bonds is 5. The molecule has 1 aliphatic rings. The van der Waals surface area contributed by atoms with E-state index in [0.29, 0.717) is 23.6 Å². The molecule has 1 saturated carbocycles. The van der Waals surface area contributed by atoms with Gasteiger partial charge in [0.15, 0.2) is 5.65 Å². The van der Waals surface area contributed by atoms with Gasteiger partial charge in [0.05, 0.1) is 0 Å². The van der Waals surface area contributed by atoms with Crippen LogP contribution in [-0.2, 0) is 0 Å².